The summed E-state index contributed by atoms with van der Waals surface area (Å²) in [6.07, 6.45) is 2.38. The number of carbonyl (C=O) groups is 1. The summed E-state index contributed by atoms with van der Waals surface area (Å²) in [6.45, 7) is 8.67. The summed E-state index contributed by atoms with van der Waals surface area (Å²) < 4.78 is 0. The molecule has 1 rings (SSSR count). The normalized spacial score (nSPS) is 21.9. The molecule has 0 spiro atoms. The van der Waals surface area contributed by atoms with E-state index in [4.69, 9.17) is 0 Å². The van der Waals surface area contributed by atoms with Gasteiger partial charge in [-0.15, -0.1) is 0 Å². The van der Waals surface area contributed by atoms with Crippen LogP contribution in [0.4, 0.5) is 4.79 Å². The molecule has 1 aliphatic rings. The Balaban J connectivity index is 2.43. The number of likely N-dealkylation sites (tertiary alicyclic amines) is 1. The Morgan fingerprint density at radius 3 is 2.47 bits per heavy atom. The molecule has 1 heterocycles. The van der Waals surface area contributed by atoms with Crippen molar-refractivity contribution in [3.8, 4) is 0 Å². The zero-order valence-corrected chi connectivity index (χ0v) is 10.7. The number of urea groups is 1. The number of nitrogens with zero attached hydrogens (tertiary/aromatic N) is 2. The molecule has 0 aliphatic carbocycles. The van der Waals surface area contributed by atoms with E-state index in [-0.39, 0.29) is 6.03 Å². The van der Waals surface area contributed by atoms with Crippen LogP contribution in [0.2, 0.25) is 0 Å². The van der Waals surface area contributed by atoms with E-state index in [1.165, 1.54) is 6.42 Å². The van der Waals surface area contributed by atoms with E-state index < -0.39 is 0 Å². The molecule has 3 heteroatoms. The van der Waals surface area contributed by atoms with Gasteiger partial charge in [0.2, 0.25) is 0 Å². The van der Waals surface area contributed by atoms with Crippen LogP contribution in [-0.2, 0) is 0 Å². The molecule has 1 fully saturated rings. The van der Waals surface area contributed by atoms with Crippen LogP contribution in [0.3, 0.4) is 0 Å². The van der Waals surface area contributed by atoms with Gasteiger partial charge in [0.25, 0.3) is 0 Å². The van der Waals surface area contributed by atoms with Crippen molar-refractivity contribution in [2.45, 2.75) is 33.6 Å². The Hall–Kier alpha value is -0.730. The molecule has 1 aliphatic heterocycles. The first-order valence-corrected chi connectivity index (χ1v) is 5.76. The zero-order valence-electron chi connectivity index (χ0n) is 10.7. The van der Waals surface area contributed by atoms with Crippen molar-refractivity contribution in [3.05, 3.63) is 0 Å². The smallest absolute Gasteiger partial charge is 0.319 e. The van der Waals surface area contributed by atoms with Gasteiger partial charge >= 0.3 is 6.03 Å². The van der Waals surface area contributed by atoms with Crippen molar-refractivity contribution >= 4 is 6.03 Å². The summed E-state index contributed by atoms with van der Waals surface area (Å²) in [6, 6.07) is 0.159. The Bertz CT molecular complexity index is 230. The molecular formula is C12H24N2O. The van der Waals surface area contributed by atoms with Crippen LogP contribution < -0.4 is 0 Å². The molecular weight excluding hydrogens is 188 g/mol. The fourth-order valence-electron chi connectivity index (χ4n) is 2.32. The Morgan fingerprint density at radius 1 is 1.40 bits per heavy atom. The first-order valence-electron chi connectivity index (χ1n) is 5.76. The molecule has 0 N–H and O–H groups in total. The summed E-state index contributed by atoms with van der Waals surface area (Å²) in [5.74, 6) is 0.689. The molecule has 0 radical (unpaired) electrons. The van der Waals surface area contributed by atoms with E-state index in [0.29, 0.717) is 11.3 Å². The number of rotatable bonds is 1. The highest BCUT2D eigenvalue weighted by Crippen LogP contribution is 2.30. The standard InChI is InChI=1S/C12H24N2O/c1-12(2,3)8-10-6-7-14(9-10)11(15)13(4)5/h10H,6-9H2,1-5H3. The predicted octanol–water partition coefficient (Wildman–Crippen LogP) is 2.43. The van der Waals surface area contributed by atoms with Gasteiger partial charge in [-0.1, -0.05) is 20.8 Å². The Kier molecular flexibility index (Phi) is 3.63. The van der Waals surface area contributed by atoms with E-state index in [0.717, 1.165) is 19.5 Å². The number of hydrogen-bond acceptors (Lipinski definition) is 1. The maximum atomic E-state index is 11.7. The zero-order chi connectivity index (χ0) is 11.6. The van der Waals surface area contributed by atoms with Crippen molar-refractivity contribution in [2.75, 3.05) is 27.2 Å². The van der Waals surface area contributed by atoms with E-state index in [9.17, 15) is 4.79 Å². The largest absolute Gasteiger partial charge is 0.331 e. The molecule has 3 nitrogen and oxygen atoms in total. The predicted molar refractivity (Wildman–Crippen MR) is 62.8 cm³/mol. The highest BCUT2D eigenvalue weighted by molar-refractivity contribution is 5.74. The molecule has 88 valence electrons. The van der Waals surface area contributed by atoms with Crippen LogP contribution in [0.15, 0.2) is 0 Å². The van der Waals surface area contributed by atoms with Crippen molar-refractivity contribution < 1.29 is 4.79 Å². The lowest BCUT2D eigenvalue weighted by atomic mass is 9.84. The van der Waals surface area contributed by atoms with Crippen molar-refractivity contribution in [1.29, 1.82) is 0 Å². The van der Waals surface area contributed by atoms with Gasteiger partial charge in [0.1, 0.15) is 0 Å². The second-order valence-electron chi connectivity index (χ2n) is 6.04. The fourth-order valence-corrected chi connectivity index (χ4v) is 2.32. The number of carbonyl (C=O) groups excluding carboxylic acids is 1. The fraction of sp³-hybridized carbons (Fsp3) is 0.917. The van der Waals surface area contributed by atoms with Gasteiger partial charge in [0.05, 0.1) is 0 Å². The van der Waals surface area contributed by atoms with Gasteiger partial charge in [-0.3, -0.25) is 0 Å². The molecule has 1 unspecified atom stereocenters. The van der Waals surface area contributed by atoms with Gasteiger partial charge < -0.3 is 9.80 Å². The minimum absolute atomic E-state index is 0.159. The summed E-state index contributed by atoms with van der Waals surface area (Å²) >= 11 is 0. The molecule has 0 aromatic heterocycles. The monoisotopic (exact) mass is 212 g/mol. The average molecular weight is 212 g/mol. The molecule has 0 aromatic carbocycles. The van der Waals surface area contributed by atoms with Crippen LogP contribution >= 0.6 is 0 Å². The Morgan fingerprint density at radius 2 is 2.00 bits per heavy atom. The highest BCUT2D eigenvalue weighted by atomic mass is 16.2. The molecule has 15 heavy (non-hydrogen) atoms. The lowest BCUT2D eigenvalue weighted by Crippen LogP contribution is -2.37. The van der Waals surface area contributed by atoms with Gasteiger partial charge in [-0.2, -0.15) is 0 Å². The van der Waals surface area contributed by atoms with Gasteiger partial charge in [0.15, 0.2) is 0 Å². The summed E-state index contributed by atoms with van der Waals surface area (Å²) in [5.41, 5.74) is 0.377. The first kappa shape index (κ1) is 12.3. The van der Waals surface area contributed by atoms with Crippen molar-refractivity contribution in [1.82, 2.24) is 9.80 Å². The lowest BCUT2D eigenvalue weighted by molar-refractivity contribution is 0.178. The quantitative estimate of drug-likeness (QED) is 0.655. The van der Waals surface area contributed by atoms with E-state index in [2.05, 4.69) is 20.8 Å². The number of amides is 2. The second-order valence-corrected chi connectivity index (χ2v) is 6.04. The summed E-state index contributed by atoms with van der Waals surface area (Å²) in [7, 11) is 3.64. The minimum atomic E-state index is 0.159. The molecule has 0 aromatic rings. The summed E-state index contributed by atoms with van der Waals surface area (Å²) in [5, 5.41) is 0. The molecule has 1 saturated heterocycles. The minimum Gasteiger partial charge on any atom is -0.331 e. The van der Waals surface area contributed by atoms with Crippen LogP contribution in [0, 0.1) is 11.3 Å². The third-order valence-corrected chi connectivity index (χ3v) is 2.84. The molecule has 0 saturated carbocycles. The first-order chi connectivity index (χ1) is 6.79. The maximum Gasteiger partial charge on any atom is 0.319 e. The average Bonchev–Trinajstić information content (AvgIpc) is 2.48. The van der Waals surface area contributed by atoms with Crippen molar-refractivity contribution in [2.24, 2.45) is 11.3 Å². The molecule has 0 bridgehead atoms. The maximum absolute atomic E-state index is 11.7. The van der Waals surface area contributed by atoms with E-state index >= 15 is 0 Å². The third-order valence-electron chi connectivity index (χ3n) is 2.84. The third kappa shape index (κ3) is 3.73. The van der Waals surface area contributed by atoms with Crippen molar-refractivity contribution in [3.63, 3.8) is 0 Å². The van der Waals surface area contributed by atoms with Gasteiger partial charge in [0, 0.05) is 27.2 Å². The lowest BCUT2D eigenvalue weighted by Gasteiger charge is -2.24. The van der Waals surface area contributed by atoms with Crippen LogP contribution in [-0.4, -0.2) is 43.0 Å². The van der Waals surface area contributed by atoms with Gasteiger partial charge in [-0.25, -0.2) is 4.79 Å². The van der Waals surface area contributed by atoms with Crippen LogP contribution in [0.1, 0.15) is 33.6 Å². The highest BCUT2D eigenvalue weighted by Gasteiger charge is 2.29. The molecule has 1 atom stereocenters. The van der Waals surface area contributed by atoms with E-state index in [1.807, 2.05) is 19.0 Å². The molecule has 2 amide bonds. The second kappa shape index (κ2) is 4.42. The van der Waals surface area contributed by atoms with E-state index in [1.54, 1.807) is 4.90 Å². The number of hydrogen-bond donors (Lipinski definition) is 0. The summed E-state index contributed by atoms with van der Waals surface area (Å²) in [4.78, 5) is 15.3. The van der Waals surface area contributed by atoms with Crippen LogP contribution in [0.5, 0.6) is 0 Å². The van der Waals surface area contributed by atoms with Gasteiger partial charge in [-0.05, 0) is 24.2 Å². The van der Waals surface area contributed by atoms with Crippen LogP contribution in [0.25, 0.3) is 0 Å². The SMILES string of the molecule is CN(C)C(=O)N1CCC(CC(C)(C)C)C1. The Labute approximate surface area is 93.4 Å². The topological polar surface area (TPSA) is 23.6 Å².